The molecule has 0 atom stereocenters. The van der Waals surface area contributed by atoms with Crippen LogP contribution < -0.4 is 5.32 Å². The van der Waals surface area contributed by atoms with Crippen molar-refractivity contribution in [1.29, 1.82) is 0 Å². The largest absolute Gasteiger partial charge is 0.478 e. The molecular weight excluding hydrogens is 234 g/mol. The minimum absolute atomic E-state index is 0.329. The molecule has 18 heavy (non-hydrogen) atoms. The van der Waals surface area contributed by atoms with Crippen LogP contribution in [0.25, 0.3) is 0 Å². The smallest absolute Gasteiger partial charge is 0.335 e. The van der Waals surface area contributed by atoms with Crippen molar-refractivity contribution >= 4 is 11.9 Å². The number of hydrogen-bond acceptors (Lipinski definition) is 4. The molecule has 0 fully saturated rings. The Kier molecular flexibility index (Phi) is 13.1. The summed E-state index contributed by atoms with van der Waals surface area (Å²) in [6.45, 7) is 4.48. The molecule has 1 aromatic rings. The van der Waals surface area contributed by atoms with Crippen molar-refractivity contribution in [2.24, 2.45) is 0 Å². The molecule has 0 unspecified atom stereocenters. The molecule has 5 heteroatoms. The maximum Gasteiger partial charge on any atom is 0.335 e. The van der Waals surface area contributed by atoms with Gasteiger partial charge in [0.05, 0.1) is 11.8 Å². The number of hydrogen-bond donors (Lipinski definition) is 2. The number of nitrogens with one attached hydrogen (secondary N) is 1. The number of ether oxygens (including phenoxy) is 1. The van der Waals surface area contributed by atoms with Gasteiger partial charge in [0.2, 0.25) is 0 Å². The van der Waals surface area contributed by atoms with Gasteiger partial charge >= 0.3 is 11.9 Å². The van der Waals surface area contributed by atoms with Crippen LogP contribution in [-0.2, 0) is 9.53 Å². The number of carbonyl (C=O) groups excluding carboxylic acids is 1. The second-order valence-corrected chi connectivity index (χ2v) is 2.95. The summed E-state index contributed by atoms with van der Waals surface area (Å²) in [7, 11) is 3.75. The van der Waals surface area contributed by atoms with E-state index in [2.05, 4.69) is 16.6 Å². The number of carboxylic acid groups (broad SMARTS) is 1. The summed E-state index contributed by atoms with van der Waals surface area (Å²) in [5.41, 5.74) is 0.331. The fraction of sp³-hybridized carbons (Fsp3) is 0.231. The highest BCUT2D eigenvalue weighted by atomic mass is 16.5. The monoisotopic (exact) mass is 253 g/mol. The Morgan fingerprint density at radius 3 is 1.89 bits per heavy atom. The third-order valence-corrected chi connectivity index (χ3v) is 1.27. The number of esters is 1. The lowest BCUT2D eigenvalue weighted by Gasteiger charge is -1.88. The highest BCUT2D eigenvalue weighted by Crippen LogP contribution is 1.96. The molecule has 0 aliphatic heterocycles. The van der Waals surface area contributed by atoms with Gasteiger partial charge in [-0.15, -0.1) is 0 Å². The van der Waals surface area contributed by atoms with Crippen molar-refractivity contribution in [2.45, 2.75) is 6.92 Å². The van der Waals surface area contributed by atoms with E-state index < -0.39 is 5.97 Å². The second kappa shape index (κ2) is 12.9. The first-order valence-electron chi connectivity index (χ1n) is 5.14. The SMILES string of the molecule is C=COC(C)=O.CNC.O=C(O)c1ccccc1. The third kappa shape index (κ3) is 13.9. The van der Waals surface area contributed by atoms with Crippen LogP contribution in [0.4, 0.5) is 0 Å². The van der Waals surface area contributed by atoms with Crippen molar-refractivity contribution in [3.8, 4) is 0 Å². The van der Waals surface area contributed by atoms with Gasteiger partial charge in [0, 0.05) is 6.92 Å². The van der Waals surface area contributed by atoms with Gasteiger partial charge in [0.1, 0.15) is 0 Å². The first-order valence-corrected chi connectivity index (χ1v) is 5.14. The Bertz CT molecular complexity index is 349. The molecule has 5 nitrogen and oxygen atoms in total. The average molecular weight is 253 g/mol. The minimum Gasteiger partial charge on any atom is -0.478 e. The quantitative estimate of drug-likeness (QED) is 0.622. The normalized spacial score (nSPS) is 7.72. The number of carboxylic acids is 1. The predicted octanol–water partition coefficient (Wildman–Crippen LogP) is 1.91. The highest BCUT2D eigenvalue weighted by Gasteiger charge is 1.96. The lowest BCUT2D eigenvalue weighted by atomic mass is 10.2. The van der Waals surface area contributed by atoms with Crippen molar-refractivity contribution < 1.29 is 19.4 Å². The zero-order valence-corrected chi connectivity index (χ0v) is 10.8. The third-order valence-electron chi connectivity index (χ3n) is 1.27. The Morgan fingerprint density at radius 1 is 1.28 bits per heavy atom. The molecule has 0 amide bonds. The molecule has 0 spiro atoms. The maximum atomic E-state index is 10.2. The topological polar surface area (TPSA) is 75.6 Å². The van der Waals surface area contributed by atoms with Crippen molar-refractivity contribution in [1.82, 2.24) is 5.32 Å². The fourth-order valence-electron chi connectivity index (χ4n) is 0.698. The molecule has 0 radical (unpaired) electrons. The molecular formula is C13H19NO4. The van der Waals surface area contributed by atoms with Crippen LogP contribution in [0.2, 0.25) is 0 Å². The van der Waals surface area contributed by atoms with E-state index in [0.717, 1.165) is 6.26 Å². The number of rotatable bonds is 2. The summed E-state index contributed by atoms with van der Waals surface area (Å²) in [4.78, 5) is 20.0. The Hall–Kier alpha value is -2.14. The molecule has 100 valence electrons. The lowest BCUT2D eigenvalue weighted by Crippen LogP contribution is -1.93. The molecule has 1 aromatic carbocycles. The molecule has 0 heterocycles. The zero-order valence-electron chi connectivity index (χ0n) is 10.8. The summed E-state index contributed by atoms with van der Waals surface area (Å²) in [6.07, 6.45) is 1.10. The van der Waals surface area contributed by atoms with Gasteiger partial charge in [0.25, 0.3) is 0 Å². The van der Waals surface area contributed by atoms with Gasteiger partial charge in [-0.05, 0) is 26.2 Å². The first kappa shape index (κ1) is 18.2. The lowest BCUT2D eigenvalue weighted by molar-refractivity contribution is -0.135. The van der Waals surface area contributed by atoms with Gasteiger partial charge in [-0.3, -0.25) is 4.79 Å². The van der Waals surface area contributed by atoms with E-state index in [4.69, 9.17) is 5.11 Å². The maximum absolute atomic E-state index is 10.2. The fourth-order valence-corrected chi connectivity index (χ4v) is 0.698. The summed E-state index contributed by atoms with van der Waals surface area (Å²) in [5, 5.41) is 11.1. The van der Waals surface area contributed by atoms with E-state index in [1.54, 1.807) is 30.3 Å². The van der Waals surface area contributed by atoms with Crippen LogP contribution in [0.5, 0.6) is 0 Å². The van der Waals surface area contributed by atoms with E-state index in [-0.39, 0.29) is 5.97 Å². The van der Waals surface area contributed by atoms with E-state index in [1.807, 2.05) is 14.1 Å². The average Bonchev–Trinajstić information content (AvgIpc) is 2.31. The molecule has 0 bridgehead atoms. The number of benzene rings is 1. The Balaban J connectivity index is 0. The number of carbonyl (C=O) groups is 2. The molecule has 1 rings (SSSR count). The molecule has 0 saturated carbocycles. The van der Waals surface area contributed by atoms with Crippen LogP contribution in [0, 0.1) is 0 Å². The van der Waals surface area contributed by atoms with Crippen LogP contribution in [0.1, 0.15) is 17.3 Å². The van der Waals surface area contributed by atoms with Crippen LogP contribution in [0.3, 0.4) is 0 Å². The first-order chi connectivity index (χ1) is 8.49. The summed E-state index contributed by atoms with van der Waals surface area (Å²) < 4.78 is 4.17. The summed E-state index contributed by atoms with van der Waals surface area (Å²) in [5.74, 6) is -1.21. The van der Waals surface area contributed by atoms with Gasteiger partial charge in [-0.25, -0.2) is 4.79 Å². The molecule has 0 aliphatic carbocycles. The summed E-state index contributed by atoms with van der Waals surface area (Å²) in [6, 6.07) is 8.30. The Morgan fingerprint density at radius 2 is 1.72 bits per heavy atom. The van der Waals surface area contributed by atoms with Gasteiger partial charge in [0.15, 0.2) is 0 Å². The highest BCUT2D eigenvalue weighted by molar-refractivity contribution is 5.87. The Labute approximate surface area is 107 Å². The van der Waals surface area contributed by atoms with Crippen LogP contribution >= 0.6 is 0 Å². The van der Waals surface area contributed by atoms with Gasteiger partial charge in [-0.2, -0.15) is 0 Å². The van der Waals surface area contributed by atoms with Gasteiger partial charge < -0.3 is 15.2 Å². The standard InChI is InChI=1S/C7H6O2.C4H6O2.C2H7N/c8-7(9)6-4-2-1-3-5-6;1-3-6-4(2)5;1-3-2/h1-5H,(H,8,9);3H,1H2,2H3;3H,1-2H3. The summed E-state index contributed by atoms with van der Waals surface area (Å²) >= 11 is 0. The van der Waals surface area contributed by atoms with Crippen LogP contribution in [0.15, 0.2) is 43.2 Å². The minimum atomic E-state index is -0.879. The molecule has 0 aliphatic rings. The van der Waals surface area contributed by atoms with E-state index >= 15 is 0 Å². The molecule has 0 aromatic heterocycles. The van der Waals surface area contributed by atoms with Crippen molar-refractivity contribution in [3.63, 3.8) is 0 Å². The van der Waals surface area contributed by atoms with Crippen molar-refractivity contribution in [2.75, 3.05) is 14.1 Å². The van der Waals surface area contributed by atoms with Crippen molar-refractivity contribution in [3.05, 3.63) is 48.7 Å². The second-order valence-electron chi connectivity index (χ2n) is 2.95. The number of aromatic carboxylic acids is 1. The molecule has 2 N–H and O–H groups in total. The predicted molar refractivity (Wildman–Crippen MR) is 70.3 cm³/mol. The molecule has 0 saturated heterocycles. The van der Waals surface area contributed by atoms with Gasteiger partial charge in [-0.1, -0.05) is 24.8 Å². The van der Waals surface area contributed by atoms with E-state index in [1.165, 1.54) is 6.92 Å². The zero-order chi connectivity index (χ0) is 14.4. The van der Waals surface area contributed by atoms with E-state index in [0.29, 0.717) is 5.56 Å². The van der Waals surface area contributed by atoms with Crippen LogP contribution in [-0.4, -0.2) is 31.1 Å². The van der Waals surface area contributed by atoms with E-state index in [9.17, 15) is 9.59 Å².